The van der Waals surface area contributed by atoms with Crippen LogP contribution in [0.25, 0.3) is 0 Å². The molecule has 1 aliphatic rings. The first-order valence-corrected chi connectivity index (χ1v) is 13.0. The number of benzene rings is 2. The highest BCUT2D eigenvalue weighted by atomic mass is 32.2. The number of nitrogens with zero attached hydrogens (tertiary/aromatic N) is 2. The van der Waals surface area contributed by atoms with Gasteiger partial charge in [-0.3, -0.25) is 14.4 Å². The number of sulfonamides is 1. The van der Waals surface area contributed by atoms with Crippen molar-refractivity contribution in [3.8, 4) is 0 Å². The van der Waals surface area contributed by atoms with E-state index in [0.717, 1.165) is 43.9 Å². The number of thiophene rings is 1. The van der Waals surface area contributed by atoms with Gasteiger partial charge in [-0.2, -0.15) is 0 Å². The summed E-state index contributed by atoms with van der Waals surface area (Å²) in [6, 6.07) is 18.3. The normalized spacial score (nSPS) is 15.3. The maximum absolute atomic E-state index is 13.0. The second-order valence-corrected chi connectivity index (χ2v) is 10.8. The molecule has 1 amide bonds. The first-order valence-electron chi connectivity index (χ1n) is 10.6. The highest BCUT2D eigenvalue weighted by molar-refractivity contribution is 7.94. The standard InChI is InChI=1S/C24H27N3O3S2/c1-19-6-2-3-7-21(19)18-26-13-5-14-27(16-15-26)24(28)20-9-11-22(12-10-20)25-32(29,30)23-8-4-17-31-23/h2-4,6-12,17,25H,5,13-16,18H2,1H3. The Kier molecular flexibility index (Phi) is 6.93. The summed E-state index contributed by atoms with van der Waals surface area (Å²) in [5.41, 5.74) is 3.62. The van der Waals surface area contributed by atoms with Crippen LogP contribution in [0.3, 0.4) is 0 Å². The third-order valence-electron chi connectivity index (χ3n) is 5.67. The van der Waals surface area contributed by atoms with Crippen LogP contribution in [-0.4, -0.2) is 50.3 Å². The maximum Gasteiger partial charge on any atom is 0.271 e. The molecule has 1 aliphatic heterocycles. The Morgan fingerprint density at radius 3 is 2.47 bits per heavy atom. The molecular weight excluding hydrogens is 442 g/mol. The van der Waals surface area contributed by atoms with Crippen LogP contribution in [0.4, 0.5) is 5.69 Å². The molecule has 2 heterocycles. The van der Waals surface area contributed by atoms with Gasteiger partial charge in [-0.25, -0.2) is 8.42 Å². The average Bonchev–Trinajstić information content (AvgIpc) is 3.24. The van der Waals surface area contributed by atoms with Crippen molar-refractivity contribution in [3.05, 3.63) is 82.7 Å². The van der Waals surface area contributed by atoms with E-state index in [0.29, 0.717) is 17.8 Å². The zero-order chi connectivity index (χ0) is 22.6. The minimum absolute atomic E-state index is 0.0181. The van der Waals surface area contributed by atoms with Gasteiger partial charge in [0.2, 0.25) is 0 Å². The summed E-state index contributed by atoms with van der Waals surface area (Å²) < 4.78 is 27.6. The van der Waals surface area contributed by atoms with Gasteiger partial charge >= 0.3 is 0 Å². The molecule has 168 valence electrons. The first-order chi connectivity index (χ1) is 15.4. The summed E-state index contributed by atoms with van der Waals surface area (Å²) in [5, 5.41) is 1.72. The maximum atomic E-state index is 13.0. The van der Waals surface area contributed by atoms with Gasteiger partial charge in [-0.15, -0.1) is 11.3 Å². The highest BCUT2D eigenvalue weighted by Crippen LogP contribution is 2.21. The Bertz CT molecular complexity index is 1160. The molecule has 2 aromatic carbocycles. The van der Waals surface area contributed by atoms with E-state index in [2.05, 4.69) is 40.8 Å². The van der Waals surface area contributed by atoms with E-state index in [9.17, 15) is 13.2 Å². The van der Waals surface area contributed by atoms with Gasteiger partial charge in [-0.1, -0.05) is 30.3 Å². The Hall–Kier alpha value is -2.68. The number of carbonyl (C=O) groups excluding carboxylic acids is 1. The predicted molar refractivity (Wildman–Crippen MR) is 129 cm³/mol. The van der Waals surface area contributed by atoms with Crippen molar-refractivity contribution in [2.24, 2.45) is 0 Å². The zero-order valence-corrected chi connectivity index (χ0v) is 19.7. The fourth-order valence-electron chi connectivity index (χ4n) is 3.85. The summed E-state index contributed by atoms with van der Waals surface area (Å²) in [6.45, 7) is 6.22. The number of amides is 1. The van der Waals surface area contributed by atoms with Crippen molar-refractivity contribution in [2.75, 3.05) is 30.9 Å². The van der Waals surface area contributed by atoms with E-state index in [-0.39, 0.29) is 10.1 Å². The summed E-state index contributed by atoms with van der Waals surface area (Å²) >= 11 is 1.16. The van der Waals surface area contributed by atoms with Crippen LogP contribution in [0.1, 0.15) is 27.9 Å². The van der Waals surface area contributed by atoms with E-state index in [1.807, 2.05) is 4.90 Å². The molecule has 0 atom stereocenters. The number of hydrogen-bond donors (Lipinski definition) is 1. The van der Waals surface area contributed by atoms with Crippen molar-refractivity contribution in [2.45, 2.75) is 24.1 Å². The molecule has 3 aromatic rings. The molecule has 6 nitrogen and oxygen atoms in total. The molecule has 1 aromatic heterocycles. The SMILES string of the molecule is Cc1ccccc1CN1CCCN(C(=O)c2ccc(NS(=O)(=O)c3cccs3)cc2)CC1. The van der Waals surface area contributed by atoms with E-state index >= 15 is 0 Å². The van der Waals surface area contributed by atoms with Crippen LogP contribution in [0.2, 0.25) is 0 Å². The topological polar surface area (TPSA) is 69.7 Å². The van der Waals surface area contributed by atoms with Crippen LogP contribution in [-0.2, 0) is 16.6 Å². The lowest BCUT2D eigenvalue weighted by atomic mass is 10.1. The second kappa shape index (κ2) is 9.85. The van der Waals surface area contributed by atoms with Crippen molar-refractivity contribution in [1.29, 1.82) is 0 Å². The lowest BCUT2D eigenvalue weighted by molar-refractivity contribution is 0.0761. The molecule has 0 unspecified atom stereocenters. The Morgan fingerprint density at radius 2 is 1.75 bits per heavy atom. The number of nitrogens with one attached hydrogen (secondary N) is 1. The number of hydrogen-bond acceptors (Lipinski definition) is 5. The number of anilines is 1. The lowest BCUT2D eigenvalue weighted by Crippen LogP contribution is -2.35. The molecule has 1 N–H and O–H groups in total. The first kappa shape index (κ1) is 22.5. The Morgan fingerprint density at radius 1 is 0.969 bits per heavy atom. The van der Waals surface area contributed by atoms with Gasteiger partial charge in [0, 0.05) is 44.0 Å². The lowest BCUT2D eigenvalue weighted by Gasteiger charge is -2.23. The van der Waals surface area contributed by atoms with E-state index in [4.69, 9.17) is 0 Å². The molecule has 1 fully saturated rings. The molecule has 0 bridgehead atoms. The van der Waals surface area contributed by atoms with Crippen molar-refractivity contribution >= 4 is 33.0 Å². The molecule has 8 heteroatoms. The van der Waals surface area contributed by atoms with E-state index < -0.39 is 10.0 Å². The second-order valence-electron chi connectivity index (χ2n) is 7.96. The minimum atomic E-state index is -3.60. The van der Waals surface area contributed by atoms with Crippen molar-refractivity contribution in [3.63, 3.8) is 0 Å². The fraction of sp³-hybridized carbons (Fsp3) is 0.292. The van der Waals surface area contributed by atoms with Gasteiger partial charge < -0.3 is 4.90 Å². The van der Waals surface area contributed by atoms with Gasteiger partial charge in [0.1, 0.15) is 4.21 Å². The highest BCUT2D eigenvalue weighted by Gasteiger charge is 2.21. The largest absolute Gasteiger partial charge is 0.337 e. The molecule has 0 aliphatic carbocycles. The smallest absolute Gasteiger partial charge is 0.271 e. The van der Waals surface area contributed by atoms with Crippen LogP contribution in [0.5, 0.6) is 0 Å². The summed E-state index contributed by atoms with van der Waals surface area (Å²) in [6.07, 6.45) is 0.927. The number of rotatable bonds is 6. The molecule has 0 saturated carbocycles. The van der Waals surface area contributed by atoms with E-state index in [1.165, 1.54) is 11.1 Å². The quantitative estimate of drug-likeness (QED) is 0.587. The number of aryl methyl sites for hydroxylation is 1. The molecule has 4 rings (SSSR count). The third-order valence-corrected chi connectivity index (χ3v) is 8.45. The monoisotopic (exact) mass is 469 g/mol. The van der Waals surface area contributed by atoms with Gasteiger partial charge in [0.15, 0.2) is 0 Å². The molecule has 32 heavy (non-hydrogen) atoms. The average molecular weight is 470 g/mol. The van der Waals surface area contributed by atoms with Gasteiger partial charge in [0.25, 0.3) is 15.9 Å². The van der Waals surface area contributed by atoms with Crippen molar-refractivity contribution in [1.82, 2.24) is 9.80 Å². The summed E-state index contributed by atoms with van der Waals surface area (Å²) in [7, 11) is -3.60. The van der Waals surface area contributed by atoms with E-state index in [1.54, 1.807) is 41.8 Å². The fourth-order valence-corrected chi connectivity index (χ4v) is 5.90. The van der Waals surface area contributed by atoms with Gasteiger partial charge in [-0.05, 0) is 60.2 Å². The summed E-state index contributed by atoms with van der Waals surface area (Å²) in [5.74, 6) is -0.0181. The third kappa shape index (κ3) is 5.38. The van der Waals surface area contributed by atoms with Crippen LogP contribution >= 0.6 is 11.3 Å². The van der Waals surface area contributed by atoms with Crippen LogP contribution in [0.15, 0.2) is 70.3 Å². The molecule has 1 saturated heterocycles. The Balaban J connectivity index is 1.36. The minimum Gasteiger partial charge on any atom is -0.337 e. The molecule has 0 spiro atoms. The van der Waals surface area contributed by atoms with Crippen LogP contribution in [0, 0.1) is 6.92 Å². The van der Waals surface area contributed by atoms with Crippen LogP contribution < -0.4 is 4.72 Å². The molecular formula is C24H27N3O3S2. The predicted octanol–water partition coefficient (Wildman–Crippen LogP) is 4.21. The zero-order valence-electron chi connectivity index (χ0n) is 18.0. The number of carbonyl (C=O) groups is 1. The van der Waals surface area contributed by atoms with Crippen molar-refractivity contribution < 1.29 is 13.2 Å². The summed E-state index contributed by atoms with van der Waals surface area (Å²) in [4.78, 5) is 17.3. The van der Waals surface area contributed by atoms with Gasteiger partial charge in [0.05, 0.1) is 0 Å². The molecule has 0 radical (unpaired) electrons. The Labute approximate surface area is 193 Å².